The maximum atomic E-state index is 5.54. The number of anilines is 2. The number of hydrogen-bond donors (Lipinski definition) is 1. The van der Waals surface area contributed by atoms with Crippen molar-refractivity contribution in [2.45, 2.75) is 32.9 Å². The normalized spacial score (nSPS) is 23.8. The number of ether oxygens (including phenoxy) is 1. The average molecular weight is 279 g/mol. The Balaban J connectivity index is 2.30. The Morgan fingerprint density at radius 3 is 2.50 bits per heavy atom. The lowest BCUT2D eigenvalue weighted by Crippen LogP contribution is -2.55. The molecule has 0 aliphatic carbocycles. The van der Waals surface area contributed by atoms with Gasteiger partial charge in [0.15, 0.2) is 11.6 Å². The highest BCUT2D eigenvalue weighted by atomic mass is 16.5. The van der Waals surface area contributed by atoms with Crippen molar-refractivity contribution in [3.05, 3.63) is 6.33 Å². The highest BCUT2D eigenvalue weighted by Gasteiger charge is 2.29. The minimum atomic E-state index is 0.487. The first-order valence-electron chi connectivity index (χ1n) is 7.18. The van der Waals surface area contributed by atoms with Crippen LogP contribution in [0.1, 0.15) is 20.8 Å². The van der Waals surface area contributed by atoms with Gasteiger partial charge in [-0.15, -0.1) is 0 Å². The predicted octanol–water partition coefficient (Wildman–Crippen LogP) is 1.45. The van der Waals surface area contributed by atoms with Crippen molar-refractivity contribution in [3.8, 4) is 5.75 Å². The summed E-state index contributed by atoms with van der Waals surface area (Å²) in [6.07, 6.45) is 1.60. The summed E-state index contributed by atoms with van der Waals surface area (Å²) in [6.45, 7) is 9.21. The molecule has 1 aliphatic heterocycles. The third-order valence-electron chi connectivity index (χ3n) is 3.99. The molecule has 1 N–H and O–H groups in total. The highest BCUT2D eigenvalue weighted by Crippen LogP contribution is 2.33. The van der Waals surface area contributed by atoms with E-state index in [-0.39, 0.29) is 0 Å². The van der Waals surface area contributed by atoms with E-state index >= 15 is 0 Å². The van der Waals surface area contributed by atoms with E-state index in [0.717, 1.165) is 37.0 Å². The summed E-state index contributed by atoms with van der Waals surface area (Å²) < 4.78 is 5.54. The van der Waals surface area contributed by atoms with Gasteiger partial charge in [-0.2, -0.15) is 0 Å². The van der Waals surface area contributed by atoms with Crippen LogP contribution in [-0.4, -0.2) is 60.7 Å². The molecule has 20 heavy (non-hydrogen) atoms. The Hall–Kier alpha value is -1.56. The number of aromatic nitrogens is 2. The topological polar surface area (TPSA) is 53.5 Å². The fourth-order valence-electron chi connectivity index (χ4n) is 2.65. The Morgan fingerprint density at radius 2 is 1.95 bits per heavy atom. The fourth-order valence-corrected chi connectivity index (χ4v) is 2.65. The van der Waals surface area contributed by atoms with Crippen LogP contribution in [0.5, 0.6) is 5.75 Å². The summed E-state index contributed by atoms with van der Waals surface area (Å²) in [6, 6.07) is 0.974. The minimum Gasteiger partial charge on any atom is -0.490 e. The van der Waals surface area contributed by atoms with Crippen LogP contribution in [0.3, 0.4) is 0 Å². The summed E-state index contributed by atoms with van der Waals surface area (Å²) in [5.41, 5.74) is 0. The van der Waals surface area contributed by atoms with Crippen molar-refractivity contribution in [1.82, 2.24) is 14.9 Å². The molecule has 6 heteroatoms. The van der Waals surface area contributed by atoms with Crippen LogP contribution in [0.15, 0.2) is 6.33 Å². The molecule has 1 aliphatic rings. The second-order valence-electron chi connectivity index (χ2n) is 5.38. The molecular weight excluding hydrogens is 254 g/mol. The molecule has 0 saturated carbocycles. The smallest absolute Gasteiger partial charge is 0.204 e. The van der Waals surface area contributed by atoms with Crippen LogP contribution in [0.4, 0.5) is 11.6 Å². The van der Waals surface area contributed by atoms with E-state index in [1.165, 1.54) is 0 Å². The standard InChI is InChI=1S/C14H25N5O/c1-6-15-13-12(20-5)14(17-9-16-13)19-7-10(2)18(4)11(3)8-19/h9-11H,6-8H2,1-5H3,(H,15,16,17). The van der Waals surface area contributed by atoms with Crippen molar-refractivity contribution in [2.75, 3.05) is 44.0 Å². The molecule has 112 valence electrons. The first kappa shape index (κ1) is 14.8. The third kappa shape index (κ3) is 2.80. The molecule has 0 amide bonds. The molecule has 2 heterocycles. The van der Waals surface area contributed by atoms with E-state index in [4.69, 9.17) is 4.74 Å². The van der Waals surface area contributed by atoms with Gasteiger partial charge in [-0.3, -0.25) is 4.90 Å². The first-order chi connectivity index (χ1) is 9.58. The molecule has 0 spiro atoms. The van der Waals surface area contributed by atoms with Gasteiger partial charge in [0.1, 0.15) is 6.33 Å². The van der Waals surface area contributed by atoms with Gasteiger partial charge < -0.3 is 15.0 Å². The SMILES string of the molecule is CCNc1ncnc(N2CC(C)N(C)C(C)C2)c1OC. The molecule has 1 fully saturated rings. The van der Waals surface area contributed by atoms with E-state index in [1.54, 1.807) is 13.4 Å². The van der Waals surface area contributed by atoms with Crippen molar-refractivity contribution in [1.29, 1.82) is 0 Å². The van der Waals surface area contributed by atoms with Crippen molar-refractivity contribution < 1.29 is 4.74 Å². The number of hydrogen-bond acceptors (Lipinski definition) is 6. The van der Waals surface area contributed by atoms with Gasteiger partial charge in [0.2, 0.25) is 5.75 Å². The largest absolute Gasteiger partial charge is 0.490 e. The Kier molecular flexibility index (Phi) is 4.65. The molecule has 0 radical (unpaired) electrons. The summed E-state index contributed by atoms with van der Waals surface area (Å²) in [5, 5.41) is 3.22. The maximum absolute atomic E-state index is 5.54. The molecule has 6 nitrogen and oxygen atoms in total. The first-order valence-corrected chi connectivity index (χ1v) is 7.18. The number of methoxy groups -OCH3 is 1. The second kappa shape index (κ2) is 6.26. The van der Waals surface area contributed by atoms with Gasteiger partial charge in [0.05, 0.1) is 7.11 Å². The number of likely N-dealkylation sites (N-methyl/N-ethyl adjacent to an activating group) is 1. The van der Waals surface area contributed by atoms with Crippen molar-refractivity contribution in [3.63, 3.8) is 0 Å². The molecule has 2 unspecified atom stereocenters. The van der Waals surface area contributed by atoms with Crippen LogP contribution >= 0.6 is 0 Å². The maximum Gasteiger partial charge on any atom is 0.204 e. The Bertz CT molecular complexity index is 441. The summed E-state index contributed by atoms with van der Waals surface area (Å²) in [7, 11) is 3.85. The Morgan fingerprint density at radius 1 is 1.30 bits per heavy atom. The third-order valence-corrected chi connectivity index (χ3v) is 3.99. The molecule has 0 bridgehead atoms. The Labute approximate surface area is 121 Å². The zero-order chi connectivity index (χ0) is 14.7. The van der Waals surface area contributed by atoms with Crippen LogP contribution in [0.2, 0.25) is 0 Å². The zero-order valence-electron chi connectivity index (χ0n) is 13.1. The minimum absolute atomic E-state index is 0.487. The number of nitrogens with zero attached hydrogens (tertiary/aromatic N) is 4. The molecular formula is C14H25N5O. The van der Waals surface area contributed by atoms with E-state index in [0.29, 0.717) is 12.1 Å². The summed E-state index contributed by atoms with van der Waals surface area (Å²) >= 11 is 0. The number of nitrogens with one attached hydrogen (secondary N) is 1. The molecule has 1 saturated heterocycles. The molecule has 0 aromatic carbocycles. The highest BCUT2D eigenvalue weighted by molar-refractivity contribution is 5.65. The van der Waals surface area contributed by atoms with Gasteiger partial charge in [0, 0.05) is 31.7 Å². The van der Waals surface area contributed by atoms with Gasteiger partial charge in [-0.05, 0) is 27.8 Å². The van der Waals surface area contributed by atoms with Gasteiger partial charge >= 0.3 is 0 Å². The molecule has 2 atom stereocenters. The predicted molar refractivity (Wildman–Crippen MR) is 81.6 cm³/mol. The quantitative estimate of drug-likeness (QED) is 0.900. The van der Waals surface area contributed by atoms with Gasteiger partial charge in [-0.25, -0.2) is 9.97 Å². The number of rotatable bonds is 4. The summed E-state index contributed by atoms with van der Waals surface area (Å²) in [4.78, 5) is 13.4. The fraction of sp³-hybridized carbons (Fsp3) is 0.714. The molecule has 2 rings (SSSR count). The average Bonchev–Trinajstić information content (AvgIpc) is 2.44. The van der Waals surface area contributed by atoms with Crippen LogP contribution in [0.25, 0.3) is 0 Å². The zero-order valence-corrected chi connectivity index (χ0v) is 13.1. The van der Waals surface area contributed by atoms with E-state index in [1.807, 2.05) is 6.92 Å². The van der Waals surface area contributed by atoms with Crippen molar-refractivity contribution in [2.24, 2.45) is 0 Å². The lowest BCUT2D eigenvalue weighted by molar-refractivity contribution is 0.169. The van der Waals surface area contributed by atoms with E-state index in [9.17, 15) is 0 Å². The van der Waals surface area contributed by atoms with Crippen LogP contribution in [0, 0.1) is 0 Å². The molecule has 1 aromatic rings. The second-order valence-corrected chi connectivity index (χ2v) is 5.38. The summed E-state index contributed by atoms with van der Waals surface area (Å²) in [5.74, 6) is 2.38. The van der Waals surface area contributed by atoms with Crippen molar-refractivity contribution >= 4 is 11.6 Å². The lowest BCUT2D eigenvalue weighted by Gasteiger charge is -2.43. The van der Waals surface area contributed by atoms with Gasteiger partial charge in [0.25, 0.3) is 0 Å². The van der Waals surface area contributed by atoms with Crippen LogP contribution in [-0.2, 0) is 0 Å². The monoisotopic (exact) mass is 279 g/mol. The lowest BCUT2D eigenvalue weighted by atomic mass is 10.1. The van der Waals surface area contributed by atoms with E-state index < -0.39 is 0 Å². The van der Waals surface area contributed by atoms with Gasteiger partial charge in [-0.1, -0.05) is 0 Å². The number of piperazine rings is 1. The van der Waals surface area contributed by atoms with Crippen LogP contribution < -0.4 is 15.0 Å². The molecule has 1 aromatic heterocycles. The van der Waals surface area contributed by atoms with E-state index in [2.05, 4.69) is 46.0 Å².